The van der Waals surface area contributed by atoms with Crippen LogP contribution in [0.25, 0.3) is 0 Å². The SMILES string of the molecule is COC(=O)c1nccc(N2CCNC(C)(C)C2)n1. The van der Waals surface area contributed by atoms with E-state index in [0.29, 0.717) is 0 Å². The Kier molecular flexibility index (Phi) is 3.47. The minimum absolute atomic E-state index is 0.0363. The van der Waals surface area contributed by atoms with Crippen LogP contribution in [0.3, 0.4) is 0 Å². The van der Waals surface area contributed by atoms with E-state index in [0.717, 1.165) is 25.5 Å². The summed E-state index contributed by atoms with van der Waals surface area (Å²) in [6.45, 7) is 6.87. The van der Waals surface area contributed by atoms with Crippen molar-refractivity contribution < 1.29 is 9.53 Å². The zero-order valence-electron chi connectivity index (χ0n) is 10.9. The van der Waals surface area contributed by atoms with E-state index in [1.165, 1.54) is 7.11 Å². The normalized spacial score (nSPS) is 18.5. The van der Waals surface area contributed by atoms with Gasteiger partial charge in [0.25, 0.3) is 0 Å². The van der Waals surface area contributed by atoms with Crippen LogP contribution in [0.2, 0.25) is 0 Å². The number of anilines is 1. The van der Waals surface area contributed by atoms with Gasteiger partial charge in [0.05, 0.1) is 7.11 Å². The van der Waals surface area contributed by atoms with E-state index >= 15 is 0 Å². The van der Waals surface area contributed by atoms with Crippen LogP contribution < -0.4 is 10.2 Å². The summed E-state index contributed by atoms with van der Waals surface area (Å²) in [6.07, 6.45) is 1.59. The second-order valence-corrected chi connectivity index (χ2v) is 4.96. The van der Waals surface area contributed by atoms with Gasteiger partial charge in [0.15, 0.2) is 0 Å². The third-order valence-electron chi connectivity index (χ3n) is 2.90. The zero-order valence-corrected chi connectivity index (χ0v) is 10.9. The maximum Gasteiger partial charge on any atom is 0.376 e. The Labute approximate surface area is 106 Å². The van der Waals surface area contributed by atoms with Crippen LogP contribution >= 0.6 is 0 Å². The molecular weight excluding hydrogens is 232 g/mol. The van der Waals surface area contributed by atoms with Gasteiger partial charge in [-0.15, -0.1) is 0 Å². The summed E-state index contributed by atoms with van der Waals surface area (Å²) in [5.41, 5.74) is 0.0363. The second kappa shape index (κ2) is 4.89. The summed E-state index contributed by atoms with van der Waals surface area (Å²) in [6, 6.07) is 1.81. The maximum absolute atomic E-state index is 11.4. The minimum Gasteiger partial charge on any atom is -0.463 e. The Balaban J connectivity index is 2.20. The van der Waals surface area contributed by atoms with Gasteiger partial charge in [-0.3, -0.25) is 0 Å². The molecule has 0 aromatic carbocycles. The Bertz CT molecular complexity index is 447. The number of hydrogen-bond acceptors (Lipinski definition) is 6. The van der Waals surface area contributed by atoms with Crippen molar-refractivity contribution in [1.82, 2.24) is 15.3 Å². The maximum atomic E-state index is 11.4. The number of hydrogen-bond donors (Lipinski definition) is 1. The van der Waals surface area contributed by atoms with Crippen LogP contribution in [0.15, 0.2) is 12.3 Å². The van der Waals surface area contributed by atoms with Crippen molar-refractivity contribution in [3.05, 3.63) is 18.1 Å². The first-order valence-corrected chi connectivity index (χ1v) is 5.93. The fraction of sp³-hybridized carbons (Fsp3) is 0.583. The second-order valence-electron chi connectivity index (χ2n) is 4.96. The van der Waals surface area contributed by atoms with Gasteiger partial charge in [0.1, 0.15) is 5.82 Å². The lowest BCUT2D eigenvalue weighted by Crippen LogP contribution is -2.57. The molecule has 1 aliphatic rings. The van der Waals surface area contributed by atoms with Crippen LogP contribution in [0.4, 0.5) is 5.82 Å². The highest BCUT2D eigenvalue weighted by Gasteiger charge is 2.26. The molecule has 6 nitrogen and oxygen atoms in total. The highest BCUT2D eigenvalue weighted by Crippen LogP contribution is 2.17. The largest absolute Gasteiger partial charge is 0.463 e. The summed E-state index contributed by atoms with van der Waals surface area (Å²) in [7, 11) is 1.33. The number of methoxy groups -OCH3 is 1. The summed E-state index contributed by atoms with van der Waals surface area (Å²) < 4.78 is 4.62. The molecule has 0 radical (unpaired) electrons. The minimum atomic E-state index is -0.508. The first-order chi connectivity index (χ1) is 8.52. The number of esters is 1. The van der Waals surface area contributed by atoms with Crippen LogP contribution in [0.1, 0.15) is 24.5 Å². The number of rotatable bonds is 2. The van der Waals surface area contributed by atoms with Gasteiger partial charge in [-0.25, -0.2) is 14.8 Å². The van der Waals surface area contributed by atoms with Crippen molar-refractivity contribution in [3.8, 4) is 0 Å². The predicted molar refractivity (Wildman–Crippen MR) is 67.7 cm³/mol. The fourth-order valence-electron chi connectivity index (χ4n) is 2.05. The van der Waals surface area contributed by atoms with Crippen molar-refractivity contribution in [3.63, 3.8) is 0 Å². The highest BCUT2D eigenvalue weighted by atomic mass is 16.5. The average Bonchev–Trinajstić information content (AvgIpc) is 2.37. The number of nitrogens with one attached hydrogen (secondary N) is 1. The standard InChI is InChI=1S/C12H18N4O2/c1-12(2)8-16(7-6-14-12)9-4-5-13-10(15-9)11(17)18-3/h4-5,14H,6-8H2,1-3H3. The number of piperazine rings is 1. The van der Waals surface area contributed by atoms with Crippen molar-refractivity contribution in [2.24, 2.45) is 0 Å². The molecule has 1 aromatic heterocycles. The zero-order chi connectivity index (χ0) is 13.2. The summed E-state index contributed by atoms with van der Waals surface area (Å²) in [5.74, 6) is 0.359. The molecule has 98 valence electrons. The topological polar surface area (TPSA) is 67.3 Å². The van der Waals surface area contributed by atoms with Crippen molar-refractivity contribution in [1.29, 1.82) is 0 Å². The molecule has 1 saturated heterocycles. The average molecular weight is 250 g/mol. The number of carbonyl (C=O) groups is 1. The van der Waals surface area contributed by atoms with E-state index in [1.807, 2.05) is 6.07 Å². The molecule has 0 unspecified atom stereocenters. The third-order valence-corrected chi connectivity index (χ3v) is 2.90. The Morgan fingerprint density at radius 3 is 3.00 bits per heavy atom. The molecule has 0 aliphatic carbocycles. The Morgan fingerprint density at radius 2 is 2.33 bits per heavy atom. The van der Waals surface area contributed by atoms with Gasteiger partial charge in [-0.1, -0.05) is 0 Å². The fourth-order valence-corrected chi connectivity index (χ4v) is 2.05. The van der Waals surface area contributed by atoms with Crippen LogP contribution in [-0.4, -0.2) is 48.2 Å². The van der Waals surface area contributed by atoms with Crippen LogP contribution in [0, 0.1) is 0 Å². The summed E-state index contributed by atoms with van der Waals surface area (Å²) in [4.78, 5) is 21.7. The first kappa shape index (κ1) is 12.8. The third kappa shape index (κ3) is 2.76. The molecule has 1 fully saturated rings. The number of carbonyl (C=O) groups excluding carboxylic acids is 1. The molecule has 0 atom stereocenters. The van der Waals surface area contributed by atoms with Crippen molar-refractivity contribution >= 4 is 11.8 Å². The van der Waals surface area contributed by atoms with Crippen molar-refractivity contribution in [2.45, 2.75) is 19.4 Å². The molecule has 1 aromatic rings. The molecule has 2 rings (SSSR count). The Hall–Kier alpha value is -1.69. The Morgan fingerprint density at radius 1 is 1.56 bits per heavy atom. The van der Waals surface area contributed by atoms with Gasteiger partial charge < -0.3 is 15.0 Å². The van der Waals surface area contributed by atoms with Gasteiger partial charge in [0.2, 0.25) is 5.82 Å². The van der Waals surface area contributed by atoms with E-state index in [4.69, 9.17) is 0 Å². The quantitative estimate of drug-likeness (QED) is 0.769. The molecule has 0 saturated carbocycles. The predicted octanol–water partition coefficient (Wildman–Crippen LogP) is 0.451. The molecule has 1 N–H and O–H groups in total. The monoisotopic (exact) mass is 250 g/mol. The van der Waals surface area contributed by atoms with Gasteiger partial charge in [-0.05, 0) is 19.9 Å². The highest BCUT2D eigenvalue weighted by molar-refractivity contribution is 5.85. The van der Waals surface area contributed by atoms with Gasteiger partial charge >= 0.3 is 5.97 Å². The van der Waals surface area contributed by atoms with Gasteiger partial charge in [-0.2, -0.15) is 0 Å². The van der Waals surface area contributed by atoms with Crippen molar-refractivity contribution in [2.75, 3.05) is 31.6 Å². The lowest BCUT2D eigenvalue weighted by Gasteiger charge is -2.39. The lowest BCUT2D eigenvalue weighted by atomic mass is 10.0. The number of ether oxygens (including phenoxy) is 1. The van der Waals surface area contributed by atoms with E-state index in [1.54, 1.807) is 6.20 Å². The van der Waals surface area contributed by atoms with E-state index in [-0.39, 0.29) is 11.4 Å². The van der Waals surface area contributed by atoms with Gasteiger partial charge in [0, 0.05) is 31.4 Å². The van der Waals surface area contributed by atoms with Crippen LogP contribution in [0.5, 0.6) is 0 Å². The number of aromatic nitrogens is 2. The molecule has 18 heavy (non-hydrogen) atoms. The molecule has 2 heterocycles. The molecule has 6 heteroatoms. The molecule has 1 aliphatic heterocycles. The molecule has 0 spiro atoms. The first-order valence-electron chi connectivity index (χ1n) is 5.93. The summed E-state index contributed by atoms with van der Waals surface area (Å²) in [5, 5.41) is 3.43. The van der Waals surface area contributed by atoms with Crippen LogP contribution in [-0.2, 0) is 4.74 Å². The smallest absolute Gasteiger partial charge is 0.376 e. The molecular formula is C12H18N4O2. The van der Waals surface area contributed by atoms with E-state index < -0.39 is 5.97 Å². The molecule has 0 amide bonds. The lowest BCUT2D eigenvalue weighted by molar-refractivity contribution is 0.0587. The van der Waals surface area contributed by atoms with E-state index in [2.05, 4.69) is 38.8 Å². The summed E-state index contributed by atoms with van der Waals surface area (Å²) >= 11 is 0. The van der Waals surface area contributed by atoms with E-state index in [9.17, 15) is 4.79 Å². The number of nitrogens with zero attached hydrogens (tertiary/aromatic N) is 3. The molecule has 0 bridgehead atoms.